The van der Waals surface area contributed by atoms with E-state index in [0.717, 1.165) is 5.56 Å². The second-order valence-electron chi connectivity index (χ2n) is 3.75. The molecule has 0 radical (unpaired) electrons. The molecule has 1 amide bonds. The first-order valence-corrected chi connectivity index (χ1v) is 6.86. The zero-order valence-electron chi connectivity index (χ0n) is 9.85. The second-order valence-corrected chi connectivity index (χ2v) is 5.17. The molecular weight excluding hydrogens is 274 g/mol. The Bertz CT molecular complexity index is 422. The van der Waals surface area contributed by atoms with E-state index in [9.17, 15) is 9.59 Å². The summed E-state index contributed by atoms with van der Waals surface area (Å²) in [5.41, 5.74) is 1.07. The first-order chi connectivity index (χ1) is 8.49. The molecule has 0 heterocycles. The van der Waals surface area contributed by atoms with Crippen molar-refractivity contribution >= 4 is 35.2 Å². The molecule has 0 saturated carbocycles. The van der Waals surface area contributed by atoms with E-state index >= 15 is 0 Å². The largest absolute Gasteiger partial charge is 0.480 e. The number of carboxylic acids is 1. The lowest BCUT2D eigenvalue weighted by atomic mass is 10.2. The molecule has 98 valence electrons. The first-order valence-electron chi connectivity index (χ1n) is 5.33. The van der Waals surface area contributed by atoms with E-state index in [-0.39, 0.29) is 11.7 Å². The first kappa shape index (κ1) is 14.9. The lowest BCUT2D eigenvalue weighted by Crippen LogP contribution is -2.39. The molecule has 0 aliphatic heterocycles. The molecule has 0 aromatic heterocycles. The van der Waals surface area contributed by atoms with Crippen LogP contribution in [0.5, 0.6) is 0 Å². The van der Waals surface area contributed by atoms with Gasteiger partial charge in [-0.05, 0) is 24.6 Å². The van der Waals surface area contributed by atoms with Gasteiger partial charge >= 0.3 is 5.97 Å². The molecule has 0 saturated heterocycles. The summed E-state index contributed by atoms with van der Waals surface area (Å²) in [6.45, 7) is 1.43. The number of hydrogen-bond acceptors (Lipinski definition) is 3. The lowest BCUT2D eigenvalue weighted by Gasteiger charge is -2.08. The topological polar surface area (TPSA) is 66.4 Å². The second kappa shape index (κ2) is 7.28. The van der Waals surface area contributed by atoms with Crippen LogP contribution in [0, 0.1) is 0 Å². The number of rotatable bonds is 6. The maximum Gasteiger partial charge on any atom is 0.325 e. The van der Waals surface area contributed by atoms with Crippen molar-refractivity contribution in [2.45, 2.75) is 18.7 Å². The molecule has 1 rings (SSSR count). The van der Waals surface area contributed by atoms with Gasteiger partial charge in [0.2, 0.25) is 5.91 Å². The molecule has 1 atom stereocenters. The Morgan fingerprint density at radius 3 is 2.56 bits per heavy atom. The van der Waals surface area contributed by atoms with Crippen LogP contribution in [0.4, 0.5) is 0 Å². The fourth-order valence-corrected chi connectivity index (χ4v) is 2.11. The number of halogens is 1. The summed E-state index contributed by atoms with van der Waals surface area (Å²) in [7, 11) is 0. The van der Waals surface area contributed by atoms with Crippen molar-refractivity contribution < 1.29 is 14.7 Å². The van der Waals surface area contributed by atoms with E-state index in [2.05, 4.69) is 5.32 Å². The summed E-state index contributed by atoms with van der Waals surface area (Å²) in [4.78, 5) is 21.9. The Morgan fingerprint density at radius 1 is 1.39 bits per heavy atom. The highest BCUT2D eigenvalue weighted by Gasteiger charge is 2.13. The Balaban J connectivity index is 2.27. The van der Waals surface area contributed by atoms with Crippen LogP contribution < -0.4 is 5.32 Å². The smallest absolute Gasteiger partial charge is 0.325 e. The van der Waals surface area contributed by atoms with E-state index in [1.54, 1.807) is 12.1 Å². The number of carboxylic acid groups (broad SMARTS) is 1. The molecule has 2 N–H and O–H groups in total. The van der Waals surface area contributed by atoms with E-state index in [1.807, 2.05) is 12.1 Å². The van der Waals surface area contributed by atoms with Crippen molar-refractivity contribution in [1.82, 2.24) is 5.32 Å². The molecule has 18 heavy (non-hydrogen) atoms. The predicted octanol–water partition coefficient (Wildman–Crippen LogP) is 2.16. The van der Waals surface area contributed by atoms with Crippen LogP contribution in [0.1, 0.15) is 12.5 Å². The van der Waals surface area contributed by atoms with E-state index in [1.165, 1.54) is 18.7 Å². The summed E-state index contributed by atoms with van der Waals surface area (Å²) in [5.74, 6) is -0.387. The normalized spacial score (nSPS) is 11.9. The van der Waals surface area contributed by atoms with Crippen LogP contribution in [0.3, 0.4) is 0 Å². The molecule has 4 nitrogen and oxygen atoms in total. The van der Waals surface area contributed by atoms with Gasteiger partial charge in [-0.1, -0.05) is 23.7 Å². The van der Waals surface area contributed by atoms with Crippen LogP contribution in [-0.2, 0) is 15.3 Å². The molecule has 0 aliphatic rings. The number of nitrogens with one attached hydrogen (secondary N) is 1. The monoisotopic (exact) mass is 287 g/mol. The summed E-state index contributed by atoms with van der Waals surface area (Å²) >= 11 is 7.18. The number of amides is 1. The Labute approximate surface area is 115 Å². The summed E-state index contributed by atoms with van der Waals surface area (Å²) in [6.07, 6.45) is 0. The van der Waals surface area contributed by atoms with Crippen molar-refractivity contribution in [3.8, 4) is 0 Å². The van der Waals surface area contributed by atoms with Gasteiger partial charge in [-0.15, -0.1) is 11.8 Å². The van der Waals surface area contributed by atoms with Gasteiger partial charge in [-0.2, -0.15) is 0 Å². The number of hydrogen-bond donors (Lipinski definition) is 2. The van der Waals surface area contributed by atoms with Gasteiger partial charge in [0.1, 0.15) is 6.04 Å². The standard InChI is InChI=1S/C12H14ClNO3S/c1-8(12(16)17)14-11(15)7-18-6-9-2-4-10(13)5-3-9/h2-5,8H,6-7H2,1H3,(H,14,15)(H,16,17). The number of benzene rings is 1. The van der Waals surface area contributed by atoms with Crippen LogP contribution in [0.25, 0.3) is 0 Å². The van der Waals surface area contributed by atoms with Crippen LogP contribution in [0.2, 0.25) is 5.02 Å². The van der Waals surface area contributed by atoms with E-state index in [4.69, 9.17) is 16.7 Å². The molecule has 0 aliphatic carbocycles. The SMILES string of the molecule is CC(NC(=O)CSCc1ccc(Cl)cc1)C(=O)O. The van der Waals surface area contributed by atoms with Crippen molar-refractivity contribution in [3.63, 3.8) is 0 Å². The third-order valence-corrected chi connectivity index (χ3v) is 3.42. The fourth-order valence-electron chi connectivity index (χ4n) is 1.19. The van der Waals surface area contributed by atoms with Crippen LogP contribution >= 0.6 is 23.4 Å². The molecule has 1 aromatic carbocycles. The number of aliphatic carboxylic acids is 1. The summed E-state index contributed by atoms with van der Waals surface area (Å²) in [6, 6.07) is 6.53. The lowest BCUT2D eigenvalue weighted by molar-refractivity contribution is -0.140. The molecular formula is C12H14ClNO3S. The zero-order chi connectivity index (χ0) is 13.5. The molecule has 0 fully saturated rings. The molecule has 6 heteroatoms. The van der Waals surface area contributed by atoms with Gasteiger partial charge in [-0.25, -0.2) is 0 Å². The minimum atomic E-state index is -1.04. The van der Waals surface area contributed by atoms with Gasteiger partial charge in [0.05, 0.1) is 5.75 Å². The molecule has 1 aromatic rings. The van der Waals surface area contributed by atoms with E-state index in [0.29, 0.717) is 10.8 Å². The highest BCUT2D eigenvalue weighted by Crippen LogP contribution is 2.15. The average molecular weight is 288 g/mol. The Hall–Kier alpha value is -1.20. The van der Waals surface area contributed by atoms with Gasteiger partial charge in [0.15, 0.2) is 0 Å². The molecule has 0 bridgehead atoms. The highest BCUT2D eigenvalue weighted by atomic mass is 35.5. The molecule has 1 unspecified atom stereocenters. The maximum atomic E-state index is 11.4. The predicted molar refractivity (Wildman–Crippen MR) is 72.9 cm³/mol. The maximum absolute atomic E-state index is 11.4. The van der Waals surface area contributed by atoms with Gasteiger partial charge in [0, 0.05) is 10.8 Å². The third-order valence-electron chi connectivity index (χ3n) is 2.16. The molecule has 0 spiro atoms. The average Bonchev–Trinajstić information content (AvgIpc) is 2.31. The number of carbonyl (C=O) groups is 2. The van der Waals surface area contributed by atoms with Crippen molar-refractivity contribution in [1.29, 1.82) is 0 Å². The fraction of sp³-hybridized carbons (Fsp3) is 0.333. The van der Waals surface area contributed by atoms with Crippen LogP contribution in [-0.4, -0.2) is 28.8 Å². The Kier molecular flexibility index (Phi) is 6.01. The number of carbonyl (C=O) groups excluding carboxylic acids is 1. The van der Waals surface area contributed by atoms with Crippen molar-refractivity contribution in [2.24, 2.45) is 0 Å². The van der Waals surface area contributed by atoms with E-state index < -0.39 is 12.0 Å². The van der Waals surface area contributed by atoms with Crippen molar-refractivity contribution in [3.05, 3.63) is 34.9 Å². The quantitative estimate of drug-likeness (QED) is 0.841. The number of thioether (sulfide) groups is 1. The van der Waals surface area contributed by atoms with Crippen LogP contribution in [0.15, 0.2) is 24.3 Å². The minimum absolute atomic E-state index is 0.236. The van der Waals surface area contributed by atoms with Crippen molar-refractivity contribution in [2.75, 3.05) is 5.75 Å². The minimum Gasteiger partial charge on any atom is -0.480 e. The Morgan fingerprint density at radius 2 is 2.00 bits per heavy atom. The highest BCUT2D eigenvalue weighted by molar-refractivity contribution is 7.99. The summed E-state index contributed by atoms with van der Waals surface area (Å²) in [5, 5.41) is 11.7. The van der Waals surface area contributed by atoms with Gasteiger partial charge in [0.25, 0.3) is 0 Å². The van der Waals surface area contributed by atoms with Gasteiger partial charge < -0.3 is 10.4 Å². The van der Waals surface area contributed by atoms with Gasteiger partial charge in [-0.3, -0.25) is 9.59 Å². The summed E-state index contributed by atoms with van der Waals surface area (Å²) < 4.78 is 0. The zero-order valence-corrected chi connectivity index (χ0v) is 11.4. The third kappa shape index (κ3) is 5.42.